The summed E-state index contributed by atoms with van der Waals surface area (Å²) in [4.78, 5) is 26.2. The number of urea groups is 1. The molecule has 0 aromatic heterocycles. The van der Waals surface area contributed by atoms with Gasteiger partial charge in [-0.1, -0.05) is 18.2 Å². The van der Waals surface area contributed by atoms with Gasteiger partial charge in [-0.15, -0.1) is 0 Å². The smallest absolute Gasteiger partial charge is 0.319 e. The van der Waals surface area contributed by atoms with Crippen molar-refractivity contribution in [3.05, 3.63) is 30.3 Å². The molecule has 1 saturated heterocycles. The monoisotopic (exact) mass is 319 g/mol. The molecule has 0 bridgehead atoms. The Morgan fingerprint density at radius 2 is 2.09 bits per heavy atom. The van der Waals surface area contributed by atoms with Crippen LogP contribution in [0.4, 0.5) is 10.5 Å². The van der Waals surface area contributed by atoms with Gasteiger partial charge in [-0.05, 0) is 38.8 Å². The summed E-state index contributed by atoms with van der Waals surface area (Å²) in [6, 6.07) is 8.17. The van der Waals surface area contributed by atoms with Crippen LogP contribution in [0.2, 0.25) is 0 Å². The van der Waals surface area contributed by atoms with E-state index in [9.17, 15) is 9.59 Å². The van der Waals surface area contributed by atoms with Crippen molar-refractivity contribution in [1.29, 1.82) is 0 Å². The Kier molecular flexibility index (Phi) is 6.40. The van der Waals surface area contributed by atoms with E-state index in [-0.39, 0.29) is 18.0 Å². The zero-order chi connectivity index (χ0) is 16.7. The first-order valence-electron chi connectivity index (χ1n) is 8.13. The summed E-state index contributed by atoms with van der Waals surface area (Å²) in [5, 5.41) is 5.40. The molecule has 0 spiro atoms. The molecule has 1 aromatic carbocycles. The van der Waals surface area contributed by atoms with Gasteiger partial charge in [0, 0.05) is 25.4 Å². The third-order valence-electron chi connectivity index (χ3n) is 3.89. The van der Waals surface area contributed by atoms with Crippen molar-refractivity contribution >= 4 is 17.6 Å². The lowest BCUT2D eigenvalue weighted by molar-refractivity contribution is -0.134. The van der Waals surface area contributed by atoms with Crippen LogP contribution in [0.25, 0.3) is 0 Å². The molecule has 3 amide bonds. The molecule has 2 rings (SSSR count). The van der Waals surface area contributed by atoms with Gasteiger partial charge in [-0.2, -0.15) is 0 Å². The van der Waals surface area contributed by atoms with Crippen molar-refractivity contribution in [2.24, 2.45) is 0 Å². The van der Waals surface area contributed by atoms with Crippen LogP contribution in [0.1, 0.15) is 26.7 Å². The Hall–Kier alpha value is -2.08. The third-order valence-corrected chi connectivity index (χ3v) is 3.89. The van der Waals surface area contributed by atoms with Crippen molar-refractivity contribution in [3.63, 3.8) is 0 Å². The van der Waals surface area contributed by atoms with Crippen molar-refractivity contribution in [2.45, 2.75) is 38.8 Å². The number of para-hydroxylation sites is 1. The molecule has 2 N–H and O–H groups in total. The zero-order valence-corrected chi connectivity index (χ0v) is 13.7. The van der Waals surface area contributed by atoms with Gasteiger partial charge in [0.15, 0.2) is 0 Å². The Morgan fingerprint density at radius 1 is 1.35 bits per heavy atom. The van der Waals surface area contributed by atoms with Crippen LogP contribution in [0.15, 0.2) is 30.3 Å². The summed E-state index contributed by atoms with van der Waals surface area (Å²) >= 11 is 0. The topological polar surface area (TPSA) is 70.7 Å². The highest BCUT2D eigenvalue weighted by molar-refractivity contribution is 5.93. The van der Waals surface area contributed by atoms with E-state index >= 15 is 0 Å². The lowest BCUT2D eigenvalue weighted by atomic mass is 10.2. The molecule has 1 fully saturated rings. The molecule has 126 valence electrons. The van der Waals surface area contributed by atoms with Crippen LogP contribution in [-0.4, -0.2) is 48.7 Å². The molecule has 23 heavy (non-hydrogen) atoms. The maximum atomic E-state index is 12.5. The fraction of sp³-hybridized carbons (Fsp3) is 0.529. The molecular formula is C17H25N3O3. The van der Waals surface area contributed by atoms with Gasteiger partial charge in [-0.3, -0.25) is 4.79 Å². The second-order valence-electron chi connectivity index (χ2n) is 5.70. The average molecular weight is 319 g/mol. The lowest BCUT2D eigenvalue weighted by Gasteiger charge is -2.27. The Balaban J connectivity index is 1.83. The van der Waals surface area contributed by atoms with Gasteiger partial charge in [0.2, 0.25) is 5.91 Å². The van der Waals surface area contributed by atoms with Crippen LogP contribution in [0.5, 0.6) is 0 Å². The second kappa shape index (κ2) is 8.53. The van der Waals surface area contributed by atoms with E-state index in [0.717, 1.165) is 19.4 Å². The average Bonchev–Trinajstić information content (AvgIpc) is 3.05. The predicted octanol–water partition coefficient (Wildman–Crippen LogP) is 2.22. The van der Waals surface area contributed by atoms with Crippen molar-refractivity contribution in [1.82, 2.24) is 10.2 Å². The summed E-state index contributed by atoms with van der Waals surface area (Å²) in [5.41, 5.74) is 0.691. The van der Waals surface area contributed by atoms with Crippen LogP contribution >= 0.6 is 0 Å². The highest BCUT2D eigenvalue weighted by atomic mass is 16.5. The number of carbonyl (C=O) groups excluding carboxylic acids is 2. The zero-order valence-electron chi connectivity index (χ0n) is 13.7. The molecule has 0 saturated carbocycles. The summed E-state index contributed by atoms with van der Waals surface area (Å²) in [6.07, 6.45) is 2.15. The first-order valence-corrected chi connectivity index (χ1v) is 8.13. The van der Waals surface area contributed by atoms with Crippen LogP contribution in [0.3, 0.4) is 0 Å². The molecular weight excluding hydrogens is 294 g/mol. The van der Waals surface area contributed by atoms with Crippen LogP contribution < -0.4 is 10.6 Å². The van der Waals surface area contributed by atoms with Crippen LogP contribution in [0, 0.1) is 0 Å². The number of likely N-dealkylation sites (N-methyl/N-ethyl adjacent to an activating group) is 1. The lowest BCUT2D eigenvalue weighted by Crippen LogP contribution is -2.49. The van der Waals surface area contributed by atoms with Crippen molar-refractivity contribution in [3.8, 4) is 0 Å². The number of nitrogens with one attached hydrogen (secondary N) is 2. The van der Waals surface area contributed by atoms with E-state index in [1.165, 1.54) is 0 Å². The Morgan fingerprint density at radius 3 is 2.70 bits per heavy atom. The largest absolute Gasteiger partial charge is 0.376 e. The van der Waals surface area contributed by atoms with Gasteiger partial charge < -0.3 is 20.3 Å². The van der Waals surface area contributed by atoms with E-state index < -0.39 is 6.04 Å². The quantitative estimate of drug-likeness (QED) is 0.844. The Labute approximate surface area is 137 Å². The minimum Gasteiger partial charge on any atom is -0.376 e. The fourth-order valence-corrected chi connectivity index (χ4v) is 2.63. The third kappa shape index (κ3) is 5.25. The van der Waals surface area contributed by atoms with Crippen molar-refractivity contribution < 1.29 is 14.3 Å². The Bertz CT molecular complexity index is 515. The summed E-state index contributed by atoms with van der Waals surface area (Å²) in [5.74, 6) is -0.0915. The first kappa shape index (κ1) is 17.3. The number of rotatable bonds is 6. The van der Waals surface area contributed by atoms with Crippen LogP contribution in [-0.2, 0) is 9.53 Å². The number of anilines is 1. The fourth-order valence-electron chi connectivity index (χ4n) is 2.63. The number of benzene rings is 1. The molecule has 1 heterocycles. The first-order chi connectivity index (χ1) is 11.1. The maximum Gasteiger partial charge on any atom is 0.319 e. The maximum absolute atomic E-state index is 12.5. The minimum atomic E-state index is -0.583. The summed E-state index contributed by atoms with van der Waals surface area (Å²) in [6.45, 7) is 5.59. The SMILES string of the molecule is CCN(CC1CCCO1)C(=O)C(C)NC(=O)Nc1ccccc1. The highest BCUT2D eigenvalue weighted by Crippen LogP contribution is 2.14. The number of ether oxygens (including phenoxy) is 1. The second-order valence-corrected chi connectivity index (χ2v) is 5.70. The predicted molar refractivity (Wildman–Crippen MR) is 89.3 cm³/mol. The van der Waals surface area contributed by atoms with Gasteiger partial charge >= 0.3 is 6.03 Å². The minimum absolute atomic E-state index is 0.0915. The number of nitrogens with zero attached hydrogens (tertiary/aromatic N) is 1. The molecule has 2 atom stereocenters. The van der Waals surface area contributed by atoms with Crippen molar-refractivity contribution in [2.75, 3.05) is 25.0 Å². The molecule has 6 heteroatoms. The van der Waals surface area contributed by atoms with Gasteiger partial charge in [0.1, 0.15) is 6.04 Å². The van der Waals surface area contributed by atoms with Gasteiger partial charge in [0.25, 0.3) is 0 Å². The molecule has 0 aliphatic carbocycles. The standard InChI is InChI=1S/C17H25N3O3/c1-3-20(12-15-10-7-11-23-15)16(21)13(2)18-17(22)19-14-8-5-4-6-9-14/h4-6,8-9,13,15H,3,7,10-12H2,1-2H3,(H2,18,19,22). The van der Waals surface area contributed by atoms with E-state index in [1.807, 2.05) is 25.1 Å². The van der Waals surface area contributed by atoms with E-state index in [2.05, 4.69) is 10.6 Å². The summed E-state index contributed by atoms with van der Waals surface area (Å²) in [7, 11) is 0. The molecule has 1 aliphatic heterocycles. The number of hydrogen-bond acceptors (Lipinski definition) is 3. The number of carbonyl (C=O) groups is 2. The molecule has 2 unspecified atom stereocenters. The van der Waals surface area contributed by atoms with Gasteiger partial charge in [0.05, 0.1) is 6.10 Å². The number of amides is 3. The molecule has 6 nitrogen and oxygen atoms in total. The molecule has 1 aliphatic rings. The number of hydrogen-bond donors (Lipinski definition) is 2. The van der Waals surface area contributed by atoms with Gasteiger partial charge in [-0.25, -0.2) is 4.79 Å². The molecule has 1 aromatic rings. The molecule has 0 radical (unpaired) electrons. The normalized spacial score (nSPS) is 18.3. The van der Waals surface area contributed by atoms with E-state index in [1.54, 1.807) is 24.0 Å². The summed E-state index contributed by atoms with van der Waals surface area (Å²) < 4.78 is 5.58. The highest BCUT2D eigenvalue weighted by Gasteiger charge is 2.25. The van der Waals surface area contributed by atoms with E-state index in [4.69, 9.17) is 4.74 Å². The van der Waals surface area contributed by atoms with E-state index in [0.29, 0.717) is 18.8 Å².